The summed E-state index contributed by atoms with van der Waals surface area (Å²) in [5, 5.41) is 0. The molecule has 14 heavy (non-hydrogen) atoms. The van der Waals surface area contributed by atoms with E-state index in [4.69, 9.17) is 5.73 Å². The quantitative estimate of drug-likeness (QED) is 0.799. The molecule has 0 aliphatic heterocycles. The number of pyridine rings is 1. The number of rotatable bonds is 3. The Labute approximate surface area is 81.4 Å². The Bertz CT molecular complexity index is 436. The van der Waals surface area contributed by atoms with Crippen LogP contribution in [0.2, 0.25) is 0 Å². The molecule has 0 fully saturated rings. The molecule has 0 amide bonds. The Morgan fingerprint density at radius 1 is 1.36 bits per heavy atom. The molecular formula is C10H12FN3. The summed E-state index contributed by atoms with van der Waals surface area (Å²) < 4.78 is 14.5. The molecule has 2 heterocycles. The zero-order valence-electron chi connectivity index (χ0n) is 7.78. The Morgan fingerprint density at radius 2 is 2.21 bits per heavy atom. The van der Waals surface area contributed by atoms with Gasteiger partial charge in [-0.3, -0.25) is 0 Å². The highest BCUT2D eigenvalue weighted by atomic mass is 19.1. The normalized spacial score (nSPS) is 11.0. The Morgan fingerprint density at radius 3 is 3.00 bits per heavy atom. The highest BCUT2D eigenvalue weighted by Gasteiger charge is 2.01. The fourth-order valence-electron chi connectivity index (χ4n) is 1.42. The van der Waals surface area contributed by atoms with Crippen molar-refractivity contribution in [2.45, 2.75) is 12.8 Å². The van der Waals surface area contributed by atoms with E-state index in [1.54, 1.807) is 10.5 Å². The highest BCUT2D eigenvalue weighted by molar-refractivity contribution is 5.39. The van der Waals surface area contributed by atoms with Gasteiger partial charge in [0.15, 0.2) is 0 Å². The summed E-state index contributed by atoms with van der Waals surface area (Å²) in [7, 11) is 0. The van der Waals surface area contributed by atoms with E-state index in [9.17, 15) is 4.39 Å². The van der Waals surface area contributed by atoms with E-state index in [-0.39, 0.29) is 5.82 Å². The van der Waals surface area contributed by atoms with E-state index in [0.29, 0.717) is 6.54 Å². The maximum atomic E-state index is 12.8. The molecule has 0 aliphatic rings. The van der Waals surface area contributed by atoms with Crippen molar-refractivity contribution in [3.8, 4) is 0 Å². The van der Waals surface area contributed by atoms with Crippen molar-refractivity contribution >= 4 is 5.65 Å². The first-order chi connectivity index (χ1) is 6.79. The van der Waals surface area contributed by atoms with Crippen LogP contribution in [0.3, 0.4) is 0 Å². The average molecular weight is 193 g/mol. The van der Waals surface area contributed by atoms with Crippen LogP contribution in [0.5, 0.6) is 0 Å². The lowest BCUT2D eigenvalue weighted by Gasteiger charge is -1.90. The van der Waals surface area contributed by atoms with E-state index in [0.717, 1.165) is 24.2 Å². The van der Waals surface area contributed by atoms with Crippen molar-refractivity contribution in [1.29, 1.82) is 0 Å². The summed E-state index contributed by atoms with van der Waals surface area (Å²) >= 11 is 0. The van der Waals surface area contributed by atoms with Crippen LogP contribution in [0.15, 0.2) is 24.5 Å². The maximum absolute atomic E-state index is 12.8. The van der Waals surface area contributed by atoms with Gasteiger partial charge in [0.2, 0.25) is 0 Å². The largest absolute Gasteiger partial charge is 0.330 e. The third-order valence-corrected chi connectivity index (χ3v) is 2.10. The van der Waals surface area contributed by atoms with Crippen molar-refractivity contribution in [1.82, 2.24) is 9.38 Å². The van der Waals surface area contributed by atoms with Crippen LogP contribution in [-0.4, -0.2) is 15.9 Å². The third-order valence-electron chi connectivity index (χ3n) is 2.10. The number of nitrogens with zero attached hydrogens (tertiary/aromatic N) is 2. The summed E-state index contributed by atoms with van der Waals surface area (Å²) in [4.78, 5) is 4.33. The average Bonchev–Trinajstić information content (AvgIpc) is 2.56. The zero-order chi connectivity index (χ0) is 9.97. The van der Waals surface area contributed by atoms with Gasteiger partial charge < -0.3 is 10.1 Å². The fraction of sp³-hybridized carbons (Fsp3) is 0.300. The summed E-state index contributed by atoms with van der Waals surface area (Å²) in [5.74, 6) is -0.250. The standard InChI is InChI=1S/C10H12FN3/c11-8-3-4-10-13-9(2-1-5-12)7-14(10)6-8/h3-4,6-7H,1-2,5,12H2. The third kappa shape index (κ3) is 1.75. The lowest BCUT2D eigenvalue weighted by molar-refractivity contribution is 0.619. The van der Waals surface area contributed by atoms with E-state index in [1.807, 2.05) is 6.20 Å². The minimum atomic E-state index is -0.250. The van der Waals surface area contributed by atoms with E-state index in [2.05, 4.69) is 4.98 Å². The first kappa shape index (κ1) is 9.15. The zero-order valence-corrected chi connectivity index (χ0v) is 7.78. The van der Waals surface area contributed by atoms with Crippen molar-refractivity contribution < 1.29 is 4.39 Å². The van der Waals surface area contributed by atoms with Gasteiger partial charge in [-0.1, -0.05) is 0 Å². The van der Waals surface area contributed by atoms with Crippen LogP contribution in [0.4, 0.5) is 4.39 Å². The number of aromatic nitrogens is 2. The molecule has 2 aromatic rings. The van der Waals surface area contributed by atoms with Crippen molar-refractivity contribution in [2.75, 3.05) is 6.54 Å². The molecule has 0 spiro atoms. The Hall–Kier alpha value is -1.42. The van der Waals surface area contributed by atoms with Gasteiger partial charge in [-0.2, -0.15) is 0 Å². The molecule has 0 unspecified atom stereocenters. The minimum absolute atomic E-state index is 0.250. The molecule has 0 radical (unpaired) electrons. The van der Waals surface area contributed by atoms with E-state index in [1.165, 1.54) is 12.3 Å². The van der Waals surface area contributed by atoms with E-state index < -0.39 is 0 Å². The number of hydrogen-bond donors (Lipinski definition) is 1. The lowest BCUT2D eigenvalue weighted by atomic mass is 10.2. The Kier molecular flexibility index (Phi) is 2.45. The number of fused-ring (bicyclic) bond motifs is 1. The van der Waals surface area contributed by atoms with Crippen molar-refractivity contribution in [2.24, 2.45) is 5.73 Å². The van der Waals surface area contributed by atoms with Crippen molar-refractivity contribution in [3.05, 3.63) is 36.0 Å². The van der Waals surface area contributed by atoms with Crippen LogP contribution < -0.4 is 5.73 Å². The second-order valence-corrected chi connectivity index (χ2v) is 3.24. The predicted molar refractivity (Wildman–Crippen MR) is 52.5 cm³/mol. The number of nitrogens with two attached hydrogens (primary N) is 1. The molecule has 2 rings (SSSR count). The summed E-state index contributed by atoms with van der Waals surface area (Å²) in [5.41, 5.74) is 7.14. The van der Waals surface area contributed by atoms with Crippen LogP contribution in [0, 0.1) is 5.82 Å². The SMILES string of the molecule is NCCCc1cn2cc(F)ccc2n1. The topological polar surface area (TPSA) is 43.3 Å². The molecule has 4 heteroatoms. The van der Waals surface area contributed by atoms with Gasteiger partial charge in [0.05, 0.1) is 5.69 Å². The molecule has 0 saturated carbocycles. The van der Waals surface area contributed by atoms with Crippen LogP contribution in [-0.2, 0) is 6.42 Å². The van der Waals surface area contributed by atoms with Crippen molar-refractivity contribution in [3.63, 3.8) is 0 Å². The molecule has 3 nitrogen and oxygen atoms in total. The molecule has 2 N–H and O–H groups in total. The first-order valence-electron chi connectivity index (χ1n) is 4.63. The van der Waals surface area contributed by atoms with Gasteiger partial charge in [0.1, 0.15) is 11.5 Å². The predicted octanol–water partition coefficient (Wildman–Crippen LogP) is 1.36. The molecule has 0 bridgehead atoms. The smallest absolute Gasteiger partial charge is 0.139 e. The summed E-state index contributed by atoms with van der Waals surface area (Å²) in [6, 6.07) is 3.08. The highest BCUT2D eigenvalue weighted by Crippen LogP contribution is 2.08. The number of hydrogen-bond acceptors (Lipinski definition) is 2. The number of halogens is 1. The van der Waals surface area contributed by atoms with Gasteiger partial charge in [-0.25, -0.2) is 9.37 Å². The van der Waals surface area contributed by atoms with Gasteiger partial charge in [0.25, 0.3) is 0 Å². The van der Waals surface area contributed by atoms with Gasteiger partial charge >= 0.3 is 0 Å². The van der Waals surface area contributed by atoms with Gasteiger partial charge in [0, 0.05) is 12.4 Å². The minimum Gasteiger partial charge on any atom is -0.330 e. The molecule has 0 aliphatic carbocycles. The van der Waals surface area contributed by atoms with Crippen LogP contribution >= 0.6 is 0 Å². The molecular weight excluding hydrogens is 181 g/mol. The number of aryl methyl sites for hydroxylation is 1. The Balaban J connectivity index is 2.32. The van der Waals surface area contributed by atoms with Gasteiger partial charge in [-0.05, 0) is 31.5 Å². The second-order valence-electron chi connectivity index (χ2n) is 3.24. The van der Waals surface area contributed by atoms with Gasteiger partial charge in [-0.15, -0.1) is 0 Å². The molecule has 0 saturated heterocycles. The molecule has 0 atom stereocenters. The fourth-order valence-corrected chi connectivity index (χ4v) is 1.42. The molecule has 0 aromatic carbocycles. The monoisotopic (exact) mass is 193 g/mol. The summed E-state index contributed by atoms with van der Waals surface area (Å²) in [6.07, 6.45) is 5.02. The second kappa shape index (κ2) is 3.75. The summed E-state index contributed by atoms with van der Waals surface area (Å²) in [6.45, 7) is 0.655. The maximum Gasteiger partial charge on any atom is 0.139 e. The lowest BCUT2D eigenvalue weighted by Crippen LogP contribution is -2.00. The van der Waals surface area contributed by atoms with Crippen LogP contribution in [0.1, 0.15) is 12.1 Å². The molecule has 2 aromatic heterocycles. The van der Waals surface area contributed by atoms with Crippen LogP contribution in [0.25, 0.3) is 5.65 Å². The first-order valence-corrected chi connectivity index (χ1v) is 4.63. The van der Waals surface area contributed by atoms with E-state index >= 15 is 0 Å². The number of imidazole rings is 1. The molecule has 74 valence electrons.